The van der Waals surface area contributed by atoms with Crippen molar-refractivity contribution in [3.63, 3.8) is 0 Å². The molecule has 2 aromatic rings. The van der Waals surface area contributed by atoms with E-state index in [4.69, 9.17) is 4.74 Å². The van der Waals surface area contributed by atoms with E-state index >= 15 is 0 Å². The quantitative estimate of drug-likeness (QED) is 0.767. The minimum Gasteiger partial charge on any atom is -0.449 e. The second kappa shape index (κ2) is 8.35. The van der Waals surface area contributed by atoms with Crippen LogP contribution in [0, 0.1) is 13.8 Å². The van der Waals surface area contributed by atoms with Crippen LogP contribution in [0.1, 0.15) is 34.0 Å². The lowest BCUT2D eigenvalue weighted by Crippen LogP contribution is -2.30. The Bertz CT molecular complexity index is 966. The zero-order valence-electron chi connectivity index (χ0n) is 15.8. The first-order valence-corrected chi connectivity index (χ1v) is 10.5. The Morgan fingerprint density at radius 2 is 1.81 bits per heavy atom. The summed E-state index contributed by atoms with van der Waals surface area (Å²) >= 11 is 0. The van der Waals surface area contributed by atoms with E-state index in [1.165, 1.54) is 19.1 Å². The molecule has 1 N–H and O–H groups in total. The number of hydrogen-bond acceptors (Lipinski definition) is 5. The van der Waals surface area contributed by atoms with E-state index in [9.17, 15) is 18.0 Å². The van der Waals surface area contributed by atoms with E-state index in [1.807, 2.05) is 32.0 Å². The molecule has 0 spiro atoms. The first-order chi connectivity index (χ1) is 12.5. The topological polar surface area (TPSA) is 89.5 Å². The number of carbonyl (C=O) groups is 2. The van der Waals surface area contributed by atoms with Crippen molar-refractivity contribution in [2.24, 2.45) is 0 Å². The lowest BCUT2D eigenvalue weighted by Gasteiger charge is -2.15. The maximum atomic E-state index is 12.3. The van der Waals surface area contributed by atoms with Crippen molar-refractivity contribution in [3.8, 4) is 0 Å². The lowest BCUT2D eigenvalue weighted by molar-refractivity contribution is -0.123. The molecule has 0 fully saturated rings. The van der Waals surface area contributed by atoms with Crippen LogP contribution < -0.4 is 5.32 Å². The van der Waals surface area contributed by atoms with Crippen LogP contribution in [-0.2, 0) is 25.1 Å². The number of carbonyl (C=O) groups excluding carboxylic acids is 2. The first-order valence-electron chi connectivity index (χ1n) is 8.41. The maximum Gasteiger partial charge on any atom is 0.338 e. The molecule has 27 heavy (non-hydrogen) atoms. The highest BCUT2D eigenvalue weighted by molar-refractivity contribution is 7.89. The van der Waals surface area contributed by atoms with Gasteiger partial charge in [0.25, 0.3) is 5.91 Å². The van der Waals surface area contributed by atoms with Gasteiger partial charge in [0.2, 0.25) is 0 Å². The summed E-state index contributed by atoms with van der Waals surface area (Å²) in [4.78, 5) is 24.6. The highest BCUT2D eigenvalue weighted by Gasteiger charge is 2.20. The van der Waals surface area contributed by atoms with Crippen molar-refractivity contribution in [2.45, 2.75) is 32.6 Å². The molecule has 0 radical (unpaired) electrons. The Morgan fingerprint density at radius 3 is 2.48 bits per heavy atom. The summed E-state index contributed by atoms with van der Waals surface area (Å²) in [7, 11) is -3.21. The van der Waals surface area contributed by atoms with Gasteiger partial charge >= 0.3 is 5.97 Å². The van der Waals surface area contributed by atoms with Crippen LogP contribution in [0.15, 0.2) is 42.5 Å². The number of rotatable bonds is 6. The van der Waals surface area contributed by atoms with Crippen LogP contribution in [-0.4, -0.2) is 32.7 Å². The van der Waals surface area contributed by atoms with Crippen LogP contribution in [0.5, 0.6) is 0 Å². The Kier molecular flexibility index (Phi) is 6.38. The van der Waals surface area contributed by atoms with E-state index in [0.717, 1.165) is 17.4 Å². The fraction of sp³-hybridized carbons (Fsp3) is 0.300. The van der Waals surface area contributed by atoms with Crippen molar-refractivity contribution in [3.05, 3.63) is 64.7 Å². The summed E-state index contributed by atoms with van der Waals surface area (Å²) in [6.45, 7) is 5.28. The number of esters is 1. The predicted molar refractivity (Wildman–Crippen MR) is 104 cm³/mol. The summed E-state index contributed by atoms with van der Waals surface area (Å²) in [5.74, 6) is -1.30. The Balaban J connectivity index is 2.05. The summed E-state index contributed by atoms with van der Waals surface area (Å²) in [6, 6.07) is 11.9. The highest BCUT2D eigenvalue weighted by Crippen LogP contribution is 2.17. The third-order valence-corrected chi connectivity index (χ3v) is 4.75. The molecule has 144 valence electrons. The number of ether oxygens (including phenoxy) is 1. The zero-order valence-corrected chi connectivity index (χ0v) is 16.6. The molecule has 0 aromatic heterocycles. The fourth-order valence-corrected chi connectivity index (χ4v) is 3.26. The number of amides is 1. The number of aryl methyl sites for hydroxylation is 2. The molecule has 0 aliphatic rings. The van der Waals surface area contributed by atoms with Gasteiger partial charge in [0.05, 0.1) is 11.3 Å². The van der Waals surface area contributed by atoms with Gasteiger partial charge in [0.1, 0.15) is 0 Å². The largest absolute Gasteiger partial charge is 0.449 e. The number of benzene rings is 2. The molecule has 0 bridgehead atoms. The fourth-order valence-electron chi connectivity index (χ4n) is 2.48. The van der Waals surface area contributed by atoms with Gasteiger partial charge in [-0.25, -0.2) is 13.2 Å². The van der Waals surface area contributed by atoms with Gasteiger partial charge in [-0.1, -0.05) is 24.3 Å². The molecular weight excluding hydrogens is 366 g/mol. The molecule has 1 unspecified atom stereocenters. The van der Waals surface area contributed by atoms with E-state index in [0.29, 0.717) is 11.3 Å². The standard InChI is InChI=1S/C20H23NO5S/c1-13-8-9-14(2)18(10-13)21-19(22)15(3)26-20(23)17-7-5-6-16(11-17)12-27(4,24)25/h5-11,15H,12H2,1-4H3,(H,21,22). The minimum absolute atomic E-state index is 0.170. The average Bonchev–Trinajstić information content (AvgIpc) is 2.56. The van der Waals surface area contributed by atoms with Crippen molar-refractivity contribution in [2.75, 3.05) is 11.6 Å². The number of anilines is 1. The number of nitrogens with one attached hydrogen (secondary N) is 1. The molecule has 1 atom stereocenters. The van der Waals surface area contributed by atoms with Crippen LogP contribution >= 0.6 is 0 Å². The summed E-state index contributed by atoms with van der Waals surface area (Å²) in [5, 5.41) is 2.75. The van der Waals surface area contributed by atoms with Crippen LogP contribution in [0.3, 0.4) is 0 Å². The normalized spacial score (nSPS) is 12.3. The molecule has 2 aromatic carbocycles. The van der Waals surface area contributed by atoms with Gasteiger partial charge < -0.3 is 10.1 Å². The molecule has 2 rings (SSSR count). The van der Waals surface area contributed by atoms with E-state index in [1.54, 1.807) is 12.1 Å². The van der Waals surface area contributed by atoms with Crippen LogP contribution in [0.2, 0.25) is 0 Å². The SMILES string of the molecule is Cc1ccc(C)c(NC(=O)C(C)OC(=O)c2cccc(CS(C)(=O)=O)c2)c1. The molecule has 0 heterocycles. The molecule has 0 saturated heterocycles. The monoisotopic (exact) mass is 389 g/mol. The van der Waals surface area contributed by atoms with Gasteiger partial charge in [-0.05, 0) is 55.7 Å². The summed E-state index contributed by atoms with van der Waals surface area (Å²) in [6.07, 6.45) is 0.119. The zero-order chi connectivity index (χ0) is 20.2. The van der Waals surface area contributed by atoms with Gasteiger partial charge in [0.15, 0.2) is 15.9 Å². The van der Waals surface area contributed by atoms with Crippen molar-refractivity contribution in [1.82, 2.24) is 0 Å². The van der Waals surface area contributed by atoms with Crippen molar-refractivity contribution < 1.29 is 22.7 Å². The van der Waals surface area contributed by atoms with E-state index in [-0.39, 0.29) is 11.3 Å². The molecule has 7 heteroatoms. The molecule has 0 aliphatic heterocycles. The van der Waals surface area contributed by atoms with E-state index in [2.05, 4.69) is 5.32 Å². The van der Waals surface area contributed by atoms with Crippen molar-refractivity contribution >= 4 is 27.4 Å². The second-order valence-electron chi connectivity index (χ2n) is 6.63. The van der Waals surface area contributed by atoms with Crippen LogP contribution in [0.4, 0.5) is 5.69 Å². The van der Waals surface area contributed by atoms with Gasteiger partial charge in [-0.3, -0.25) is 4.79 Å². The molecular formula is C20H23NO5S. The third-order valence-electron chi connectivity index (χ3n) is 3.90. The summed E-state index contributed by atoms with van der Waals surface area (Å²) in [5.41, 5.74) is 3.25. The predicted octanol–water partition coefficient (Wildman–Crippen LogP) is 3.03. The Labute approximate surface area is 159 Å². The second-order valence-corrected chi connectivity index (χ2v) is 8.77. The number of sulfone groups is 1. The number of hydrogen-bond donors (Lipinski definition) is 1. The smallest absolute Gasteiger partial charge is 0.338 e. The lowest BCUT2D eigenvalue weighted by atomic mass is 10.1. The van der Waals surface area contributed by atoms with Crippen molar-refractivity contribution in [1.29, 1.82) is 0 Å². The Hall–Kier alpha value is -2.67. The van der Waals surface area contributed by atoms with E-state index < -0.39 is 27.8 Å². The molecule has 0 aliphatic carbocycles. The van der Waals surface area contributed by atoms with Crippen LogP contribution in [0.25, 0.3) is 0 Å². The molecule has 6 nitrogen and oxygen atoms in total. The third kappa shape index (κ3) is 6.21. The highest BCUT2D eigenvalue weighted by atomic mass is 32.2. The first kappa shape index (κ1) is 20.6. The molecule has 0 saturated carbocycles. The van der Waals surface area contributed by atoms with Gasteiger partial charge in [0, 0.05) is 11.9 Å². The Morgan fingerprint density at radius 1 is 1.11 bits per heavy atom. The summed E-state index contributed by atoms with van der Waals surface area (Å²) < 4.78 is 28.0. The maximum absolute atomic E-state index is 12.3. The van der Waals surface area contributed by atoms with Gasteiger partial charge in [-0.2, -0.15) is 0 Å². The average molecular weight is 389 g/mol. The molecule has 1 amide bonds. The van der Waals surface area contributed by atoms with Gasteiger partial charge in [-0.15, -0.1) is 0 Å². The minimum atomic E-state index is -3.21.